The highest BCUT2D eigenvalue weighted by Crippen LogP contribution is 2.44. The fraction of sp³-hybridized carbons (Fsp3) is 0.103. The number of allylic oxidation sites excluding steroid dienone is 1. The number of benzene rings is 3. The third-order valence-corrected chi connectivity index (χ3v) is 8.77. The van der Waals surface area contributed by atoms with Crippen molar-refractivity contribution < 1.29 is 19.4 Å². The van der Waals surface area contributed by atoms with Gasteiger partial charge in [0.2, 0.25) is 5.13 Å². The lowest BCUT2D eigenvalue weighted by molar-refractivity contribution is -0.117. The fourth-order valence-electron chi connectivity index (χ4n) is 4.14. The molecular formula is C29H21Cl2N3O4S2. The zero-order valence-corrected chi connectivity index (χ0v) is 24.1. The highest BCUT2D eigenvalue weighted by atomic mass is 35.5. The first kappa shape index (κ1) is 27.9. The molecule has 2 heterocycles. The van der Waals surface area contributed by atoms with Crippen LogP contribution in [0.2, 0.25) is 10.0 Å². The van der Waals surface area contributed by atoms with E-state index in [4.69, 9.17) is 27.9 Å². The molecule has 0 radical (unpaired) electrons. The lowest BCUT2D eigenvalue weighted by atomic mass is 9.95. The SMILES string of the molecule is COc1cccc(C2C(C(=O)/C=C/c3ccccc3)=C(O)C(=O)N2c2nnc(SCc3ccc(Cl)cc3Cl)s2)c1. The zero-order chi connectivity index (χ0) is 28.2. The van der Waals surface area contributed by atoms with Crippen LogP contribution in [0.25, 0.3) is 6.08 Å². The van der Waals surface area contributed by atoms with Crippen molar-refractivity contribution in [3.63, 3.8) is 0 Å². The number of carbonyl (C=O) groups is 2. The topological polar surface area (TPSA) is 92.6 Å². The van der Waals surface area contributed by atoms with Gasteiger partial charge in [-0.2, -0.15) is 0 Å². The van der Waals surface area contributed by atoms with Crippen LogP contribution in [0.4, 0.5) is 5.13 Å². The maximum Gasteiger partial charge on any atom is 0.296 e. The number of amides is 1. The molecule has 0 bridgehead atoms. The van der Waals surface area contributed by atoms with Gasteiger partial charge in [-0.3, -0.25) is 14.5 Å². The van der Waals surface area contributed by atoms with E-state index in [0.29, 0.717) is 31.5 Å². The summed E-state index contributed by atoms with van der Waals surface area (Å²) in [6.07, 6.45) is 2.99. The van der Waals surface area contributed by atoms with Crippen molar-refractivity contribution in [1.82, 2.24) is 10.2 Å². The maximum absolute atomic E-state index is 13.4. The molecule has 202 valence electrons. The molecule has 11 heteroatoms. The summed E-state index contributed by atoms with van der Waals surface area (Å²) in [6, 6.07) is 20.6. The van der Waals surface area contributed by atoms with E-state index in [-0.39, 0.29) is 10.7 Å². The average Bonchev–Trinajstić information content (AvgIpc) is 3.53. The van der Waals surface area contributed by atoms with E-state index in [1.165, 1.54) is 41.2 Å². The standard InChI is InChI=1S/C29H21Cl2N3O4S2/c1-38-21-9-5-8-18(14-21)25-24(23(35)13-10-17-6-3-2-4-7-17)26(36)27(37)34(25)28-32-33-29(40-28)39-16-19-11-12-20(30)15-22(19)31/h2-15,25,36H,16H2,1H3/b13-10+. The van der Waals surface area contributed by atoms with Gasteiger partial charge >= 0.3 is 0 Å². The van der Waals surface area contributed by atoms with Crippen molar-refractivity contribution in [3.8, 4) is 5.75 Å². The molecule has 1 aliphatic rings. The van der Waals surface area contributed by atoms with Gasteiger partial charge in [0.25, 0.3) is 5.91 Å². The normalized spacial score (nSPS) is 15.3. The number of thioether (sulfide) groups is 1. The quantitative estimate of drug-likeness (QED) is 0.121. The second-order valence-corrected chi connectivity index (χ2v) is 11.6. The Balaban J connectivity index is 1.47. The number of ketones is 1. The monoisotopic (exact) mass is 609 g/mol. The summed E-state index contributed by atoms with van der Waals surface area (Å²) >= 11 is 14.9. The first-order valence-corrected chi connectivity index (χ1v) is 14.5. The largest absolute Gasteiger partial charge is 0.503 e. The van der Waals surface area contributed by atoms with Crippen molar-refractivity contribution in [2.24, 2.45) is 0 Å². The molecule has 0 fully saturated rings. The second kappa shape index (κ2) is 12.3. The molecule has 1 aliphatic heterocycles. The lowest BCUT2D eigenvalue weighted by Gasteiger charge is -2.24. The molecule has 3 aromatic carbocycles. The first-order valence-electron chi connectivity index (χ1n) is 11.9. The summed E-state index contributed by atoms with van der Waals surface area (Å²) in [5, 5.41) is 20.8. The first-order chi connectivity index (χ1) is 19.4. The maximum atomic E-state index is 13.4. The van der Waals surface area contributed by atoms with Gasteiger partial charge in [-0.1, -0.05) is 101 Å². The van der Waals surface area contributed by atoms with Crippen molar-refractivity contribution in [2.45, 2.75) is 16.1 Å². The smallest absolute Gasteiger partial charge is 0.296 e. The Labute approximate surface area is 248 Å². The molecule has 40 heavy (non-hydrogen) atoms. The molecular weight excluding hydrogens is 589 g/mol. The summed E-state index contributed by atoms with van der Waals surface area (Å²) in [7, 11) is 1.53. The van der Waals surface area contributed by atoms with Gasteiger partial charge in [0.05, 0.1) is 18.7 Å². The van der Waals surface area contributed by atoms with E-state index in [1.54, 1.807) is 42.5 Å². The second-order valence-electron chi connectivity index (χ2n) is 8.60. The van der Waals surface area contributed by atoms with Gasteiger partial charge in [-0.15, -0.1) is 10.2 Å². The van der Waals surface area contributed by atoms with Crippen molar-refractivity contribution in [1.29, 1.82) is 0 Å². The molecule has 1 unspecified atom stereocenters. The zero-order valence-electron chi connectivity index (χ0n) is 21.0. The Hall–Kier alpha value is -3.63. The number of carbonyl (C=O) groups excluding carboxylic acids is 2. The molecule has 1 aromatic heterocycles. The molecule has 0 saturated carbocycles. The van der Waals surface area contributed by atoms with Crippen LogP contribution in [-0.4, -0.2) is 34.1 Å². The van der Waals surface area contributed by atoms with Gasteiger partial charge < -0.3 is 9.84 Å². The summed E-state index contributed by atoms with van der Waals surface area (Å²) in [5.41, 5.74) is 2.20. The number of nitrogens with zero attached hydrogens (tertiary/aromatic N) is 3. The Kier molecular flexibility index (Phi) is 8.56. The number of anilines is 1. The molecule has 1 N–H and O–H groups in total. The van der Waals surface area contributed by atoms with E-state index in [1.807, 2.05) is 36.4 Å². The molecule has 0 spiro atoms. The van der Waals surface area contributed by atoms with Gasteiger partial charge in [0.15, 0.2) is 15.9 Å². The van der Waals surface area contributed by atoms with Gasteiger partial charge in [-0.25, -0.2) is 0 Å². The predicted molar refractivity (Wildman–Crippen MR) is 159 cm³/mol. The van der Waals surface area contributed by atoms with E-state index >= 15 is 0 Å². The van der Waals surface area contributed by atoms with E-state index in [9.17, 15) is 14.7 Å². The summed E-state index contributed by atoms with van der Waals surface area (Å²) in [4.78, 5) is 28.1. The molecule has 7 nitrogen and oxygen atoms in total. The number of hydrogen-bond donors (Lipinski definition) is 1. The third-order valence-electron chi connectivity index (χ3n) is 6.08. The van der Waals surface area contributed by atoms with E-state index in [2.05, 4.69) is 10.2 Å². The number of aromatic nitrogens is 2. The van der Waals surface area contributed by atoms with Gasteiger partial charge in [0, 0.05) is 15.8 Å². The van der Waals surface area contributed by atoms with E-state index < -0.39 is 23.5 Å². The number of halogens is 2. The van der Waals surface area contributed by atoms with Crippen LogP contribution >= 0.6 is 46.3 Å². The van der Waals surface area contributed by atoms with Crippen LogP contribution in [0, 0.1) is 0 Å². The fourth-order valence-corrected chi connectivity index (χ4v) is 6.57. The lowest BCUT2D eigenvalue weighted by Crippen LogP contribution is -2.30. The van der Waals surface area contributed by atoms with Crippen molar-refractivity contribution in [3.05, 3.63) is 117 Å². The summed E-state index contributed by atoms with van der Waals surface area (Å²) < 4.78 is 5.96. The minimum absolute atomic E-state index is 0.0530. The number of methoxy groups -OCH3 is 1. The van der Waals surface area contributed by atoms with E-state index in [0.717, 1.165) is 11.1 Å². The number of hydrogen-bond acceptors (Lipinski definition) is 8. The molecule has 1 amide bonds. The number of ether oxygens (including phenoxy) is 1. The average molecular weight is 611 g/mol. The van der Waals surface area contributed by atoms with Crippen LogP contribution in [0.3, 0.4) is 0 Å². The summed E-state index contributed by atoms with van der Waals surface area (Å²) in [5.74, 6) is -0.821. The van der Waals surface area contributed by atoms with Crippen LogP contribution < -0.4 is 9.64 Å². The number of aliphatic hydroxyl groups excluding tert-OH is 1. The highest BCUT2D eigenvalue weighted by molar-refractivity contribution is 8.00. The highest BCUT2D eigenvalue weighted by Gasteiger charge is 2.45. The minimum atomic E-state index is -0.938. The number of aliphatic hydroxyl groups is 1. The molecule has 4 aromatic rings. The predicted octanol–water partition coefficient (Wildman–Crippen LogP) is 7.33. The van der Waals surface area contributed by atoms with Crippen LogP contribution in [0.15, 0.2) is 94.5 Å². The molecule has 1 atom stereocenters. The van der Waals surface area contributed by atoms with Gasteiger partial charge in [-0.05, 0) is 47.0 Å². The van der Waals surface area contributed by atoms with Crippen LogP contribution in [0.1, 0.15) is 22.7 Å². The number of rotatable bonds is 9. The molecule has 0 saturated heterocycles. The Morgan fingerprint density at radius 2 is 1.90 bits per heavy atom. The van der Waals surface area contributed by atoms with Gasteiger partial charge in [0.1, 0.15) is 5.75 Å². The Bertz CT molecular complexity index is 1640. The van der Waals surface area contributed by atoms with Crippen LogP contribution in [0.5, 0.6) is 5.75 Å². The van der Waals surface area contributed by atoms with Crippen LogP contribution in [-0.2, 0) is 15.3 Å². The van der Waals surface area contributed by atoms with Crippen molar-refractivity contribution in [2.75, 3.05) is 12.0 Å². The third kappa shape index (κ3) is 5.93. The van der Waals surface area contributed by atoms with Crippen molar-refractivity contribution >= 4 is 69.2 Å². The summed E-state index contributed by atoms with van der Waals surface area (Å²) in [6.45, 7) is 0. The molecule has 5 rings (SSSR count). The molecule has 0 aliphatic carbocycles. The Morgan fingerprint density at radius 3 is 2.65 bits per heavy atom. The Morgan fingerprint density at radius 1 is 1.10 bits per heavy atom. The minimum Gasteiger partial charge on any atom is -0.503 e.